The molecule has 0 spiro atoms. The van der Waals surface area contributed by atoms with Gasteiger partial charge in [-0.2, -0.15) is 5.10 Å². The van der Waals surface area contributed by atoms with Crippen LogP contribution in [0.15, 0.2) is 76.7 Å². The summed E-state index contributed by atoms with van der Waals surface area (Å²) in [7, 11) is -2.67. The molecule has 1 aromatic heterocycles. The molecule has 1 heterocycles. The van der Waals surface area contributed by atoms with Crippen LogP contribution in [-0.4, -0.2) is 31.6 Å². The molecule has 0 atom stereocenters. The Morgan fingerprint density at radius 1 is 1.07 bits per heavy atom. The number of hydrogen-bond acceptors (Lipinski definition) is 5. The van der Waals surface area contributed by atoms with Gasteiger partial charge in [0.1, 0.15) is 10.6 Å². The average Bonchev–Trinajstić information content (AvgIpc) is 3.18. The van der Waals surface area contributed by atoms with Crippen LogP contribution in [-0.2, 0) is 9.84 Å². The van der Waals surface area contributed by atoms with E-state index >= 15 is 0 Å². The number of hydrogen-bond donors (Lipinski definition) is 2. The minimum absolute atomic E-state index is 0.0952. The molecule has 3 aromatic carbocycles. The van der Waals surface area contributed by atoms with E-state index in [0.29, 0.717) is 16.8 Å². The molecular formula is C21H16ClN3O4S. The predicted octanol–water partition coefficient (Wildman–Crippen LogP) is 4.31. The molecule has 0 saturated carbocycles. The van der Waals surface area contributed by atoms with Gasteiger partial charge in [-0.1, -0.05) is 29.8 Å². The number of rotatable bonds is 5. The highest BCUT2D eigenvalue weighted by atomic mass is 35.5. The van der Waals surface area contributed by atoms with E-state index in [9.17, 15) is 13.2 Å². The number of nitrogens with one attached hydrogen (secondary N) is 2. The Bertz CT molecular complexity index is 1350. The van der Waals surface area contributed by atoms with Gasteiger partial charge in [-0.05, 0) is 48.5 Å². The number of aromatic amines is 1. The number of halogens is 1. The van der Waals surface area contributed by atoms with Crippen molar-refractivity contribution in [1.82, 2.24) is 10.2 Å². The van der Waals surface area contributed by atoms with Gasteiger partial charge in [-0.25, -0.2) is 8.42 Å². The monoisotopic (exact) mass is 441 g/mol. The van der Waals surface area contributed by atoms with Crippen molar-refractivity contribution in [2.45, 2.75) is 9.92 Å². The van der Waals surface area contributed by atoms with E-state index < -0.39 is 9.84 Å². The number of carbonyl (C=O) groups excluding carboxylic acids is 1. The SMILES string of the molecule is COc1ccc(Cl)cc1S(=O)(=O)c1[nH]nc2ccc(C(=O)Nc3ccccc3)cc12. The minimum atomic E-state index is -4.05. The van der Waals surface area contributed by atoms with Crippen LogP contribution < -0.4 is 10.1 Å². The van der Waals surface area contributed by atoms with E-state index in [1.165, 1.54) is 31.4 Å². The number of sulfone groups is 1. The number of ether oxygens (including phenoxy) is 1. The maximum atomic E-state index is 13.3. The van der Waals surface area contributed by atoms with Crippen LogP contribution in [0.1, 0.15) is 10.4 Å². The number of nitrogens with zero attached hydrogens (tertiary/aromatic N) is 1. The zero-order valence-electron chi connectivity index (χ0n) is 15.7. The Morgan fingerprint density at radius 3 is 2.57 bits per heavy atom. The number of para-hydroxylation sites is 1. The van der Waals surface area contributed by atoms with Crippen LogP contribution in [0.3, 0.4) is 0 Å². The van der Waals surface area contributed by atoms with Crippen molar-refractivity contribution in [2.75, 3.05) is 12.4 Å². The van der Waals surface area contributed by atoms with Crippen molar-refractivity contribution >= 4 is 43.9 Å². The van der Waals surface area contributed by atoms with Crippen molar-refractivity contribution < 1.29 is 17.9 Å². The standard InChI is InChI=1S/C21H16ClN3O4S/c1-29-18-10-8-14(22)12-19(18)30(27,28)21-16-11-13(7-9-17(16)24-25-21)20(26)23-15-5-3-2-4-6-15/h2-12H,1H3,(H,23,26)(H,24,25). The number of aromatic nitrogens is 2. The molecule has 152 valence electrons. The Labute approximate surface area is 177 Å². The van der Waals surface area contributed by atoms with Crippen molar-refractivity contribution in [2.24, 2.45) is 0 Å². The normalized spacial score (nSPS) is 11.4. The molecule has 1 amide bonds. The highest BCUT2D eigenvalue weighted by Gasteiger charge is 2.27. The molecule has 30 heavy (non-hydrogen) atoms. The van der Waals surface area contributed by atoms with Crippen molar-refractivity contribution in [1.29, 1.82) is 0 Å². The molecule has 7 nitrogen and oxygen atoms in total. The van der Waals surface area contributed by atoms with E-state index in [1.54, 1.807) is 36.4 Å². The van der Waals surface area contributed by atoms with Crippen molar-refractivity contribution in [3.8, 4) is 5.75 Å². The summed E-state index contributed by atoms with van der Waals surface area (Å²) < 4.78 is 31.8. The van der Waals surface area contributed by atoms with E-state index in [4.69, 9.17) is 16.3 Å². The van der Waals surface area contributed by atoms with Crippen LogP contribution in [0.5, 0.6) is 5.75 Å². The maximum Gasteiger partial charge on any atom is 0.255 e. The zero-order chi connectivity index (χ0) is 21.3. The van der Waals surface area contributed by atoms with Gasteiger partial charge in [0.2, 0.25) is 9.84 Å². The molecule has 0 aliphatic heterocycles. The number of benzene rings is 3. The summed E-state index contributed by atoms with van der Waals surface area (Å²) in [5.41, 5.74) is 1.33. The van der Waals surface area contributed by atoms with Gasteiger partial charge in [0.05, 0.1) is 12.6 Å². The summed E-state index contributed by atoms with van der Waals surface area (Å²) in [4.78, 5) is 12.5. The highest BCUT2D eigenvalue weighted by Crippen LogP contribution is 2.34. The zero-order valence-corrected chi connectivity index (χ0v) is 17.3. The lowest BCUT2D eigenvalue weighted by molar-refractivity contribution is 0.102. The number of amides is 1. The fraction of sp³-hybridized carbons (Fsp3) is 0.0476. The number of methoxy groups -OCH3 is 1. The van der Waals surface area contributed by atoms with E-state index in [0.717, 1.165) is 0 Å². The Balaban J connectivity index is 1.78. The molecule has 0 saturated heterocycles. The summed E-state index contributed by atoms with van der Waals surface area (Å²) >= 11 is 6.00. The summed E-state index contributed by atoms with van der Waals surface area (Å²) in [6.45, 7) is 0. The first-order chi connectivity index (χ1) is 14.4. The highest BCUT2D eigenvalue weighted by molar-refractivity contribution is 7.91. The van der Waals surface area contributed by atoms with Crippen LogP contribution in [0, 0.1) is 0 Å². The first kappa shape index (κ1) is 19.9. The Hall–Kier alpha value is -3.36. The molecule has 4 aromatic rings. The summed E-state index contributed by atoms with van der Waals surface area (Å²) in [6, 6.07) is 18.0. The fourth-order valence-corrected chi connectivity index (χ4v) is 4.80. The number of anilines is 1. The topological polar surface area (TPSA) is 101 Å². The smallest absolute Gasteiger partial charge is 0.255 e. The van der Waals surface area contributed by atoms with Gasteiger partial charge in [-0.15, -0.1) is 0 Å². The number of carbonyl (C=O) groups is 1. The largest absolute Gasteiger partial charge is 0.495 e. The van der Waals surface area contributed by atoms with E-state index in [-0.39, 0.29) is 32.0 Å². The minimum Gasteiger partial charge on any atom is -0.495 e. The summed E-state index contributed by atoms with van der Waals surface area (Å²) in [5.74, 6) is -0.215. The molecule has 9 heteroatoms. The van der Waals surface area contributed by atoms with Crippen LogP contribution >= 0.6 is 11.6 Å². The first-order valence-corrected chi connectivity index (χ1v) is 10.7. The third kappa shape index (κ3) is 3.62. The lowest BCUT2D eigenvalue weighted by atomic mass is 10.1. The lowest BCUT2D eigenvalue weighted by Gasteiger charge is -2.09. The molecule has 4 rings (SSSR count). The maximum absolute atomic E-state index is 13.3. The van der Waals surface area contributed by atoms with Crippen LogP contribution in [0.25, 0.3) is 10.9 Å². The average molecular weight is 442 g/mol. The molecule has 0 radical (unpaired) electrons. The van der Waals surface area contributed by atoms with Gasteiger partial charge in [0.25, 0.3) is 5.91 Å². The van der Waals surface area contributed by atoms with E-state index in [2.05, 4.69) is 15.5 Å². The second-order valence-electron chi connectivity index (χ2n) is 6.40. The number of H-pyrrole nitrogens is 1. The third-order valence-corrected chi connectivity index (χ3v) is 6.48. The van der Waals surface area contributed by atoms with E-state index in [1.807, 2.05) is 6.07 Å². The fourth-order valence-electron chi connectivity index (χ4n) is 3.03. The molecule has 0 aliphatic carbocycles. The van der Waals surface area contributed by atoms with Crippen LogP contribution in [0.4, 0.5) is 5.69 Å². The van der Waals surface area contributed by atoms with Crippen LogP contribution in [0.2, 0.25) is 5.02 Å². The first-order valence-electron chi connectivity index (χ1n) is 8.83. The van der Waals surface area contributed by atoms with Gasteiger partial charge < -0.3 is 10.1 Å². The molecule has 0 aliphatic rings. The van der Waals surface area contributed by atoms with Gasteiger partial charge in [0, 0.05) is 21.7 Å². The molecule has 0 fully saturated rings. The second-order valence-corrected chi connectivity index (χ2v) is 8.69. The Morgan fingerprint density at radius 2 is 1.83 bits per heavy atom. The predicted molar refractivity (Wildman–Crippen MR) is 114 cm³/mol. The molecule has 0 unspecified atom stereocenters. The second kappa shape index (κ2) is 7.81. The van der Waals surface area contributed by atoms with Gasteiger partial charge >= 0.3 is 0 Å². The molecule has 2 N–H and O–H groups in total. The third-order valence-electron chi connectivity index (χ3n) is 4.50. The van der Waals surface area contributed by atoms with Gasteiger partial charge in [0.15, 0.2) is 5.03 Å². The molecule has 0 bridgehead atoms. The van der Waals surface area contributed by atoms with Gasteiger partial charge in [-0.3, -0.25) is 9.89 Å². The Kier molecular flexibility index (Phi) is 5.19. The van der Waals surface area contributed by atoms with Crippen molar-refractivity contribution in [3.05, 3.63) is 77.3 Å². The quantitative estimate of drug-likeness (QED) is 0.480. The van der Waals surface area contributed by atoms with Crippen molar-refractivity contribution in [3.63, 3.8) is 0 Å². The molecular weight excluding hydrogens is 426 g/mol. The summed E-state index contributed by atoms with van der Waals surface area (Å²) in [6.07, 6.45) is 0. The lowest BCUT2D eigenvalue weighted by Crippen LogP contribution is -2.11. The summed E-state index contributed by atoms with van der Waals surface area (Å²) in [5, 5.41) is 9.80. The number of fused-ring (bicyclic) bond motifs is 1.